The third-order valence-corrected chi connectivity index (χ3v) is 11.5. The van der Waals surface area contributed by atoms with E-state index in [1.165, 1.54) is 111 Å². The lowest BCUT2D eigenvalue weighted by atomic mass is 9.79. The number of fused-ring (bicyclic) bond motifs is 2. The van der Waals surface area contributed by atoms with Crippen LogP contribution < -0.4 is 0 Å². The maximum absolute atomic E-state index is 2.48. The summed E-state index contributed by atoms with van der Waals surface area (Å²) in [6, 6.07) is 47.2. The predicted molar refractivity (Wildman–Crippen MR) is 220 cm³/mol. The van der Waals surface area contributed by atoms with Gasteiger partial charge in [-0.3, -0.25) is 0 Å². The lowest BCUT2D eigenvalue weighted by molar-refractivity contribution is 1.10. The van der Waals surface area contributed by atoms with Crippen LogP contribution in [0, 0.1) is 55.4 Å². The molecule has 250 valence electrons. The van der Waals surface area contributed by atoms with Crippen LogP contribution >= 0.6 is 0 Å². The van der Waals surface area contributed by atoms with Gasteiger partial charge in [-0.05, 0) is 179 Å². The summed E-state index contributed by atoms with van der Waals surface area (Å²) >= 11 is 0. The van der Waals surface area contributed by atoms with E-state index in [9.17, 15) is 0 Å². The summed E-state index contributed by atoms with van der Waals surface area (Å²) in [7, 11) is 0. The summed E-state index contributed by atoms with van der Waals surface area (Å²) < 4.78 is 2.46. The lowest BCUT2D eigenvalue weighted by Crippen LogP contribution is -2.03. The van der Waals surface area contributed by atoms with Crippen LogP contribution in [0.25, 0.3) is 72.0 Å². The number of nitrogens with zero attached hydrogens (tertiary/aromatic N) is 1. The summed E-state index contributed by atoms with van der Waals surface area (Å²) in [4.78, 5) is 0. The molecule has 0 saturated heterocycles. The molecule has 0 aliphatic rings. The molecule has 51 heavy (non-hydrogen) atoms. The molecule has 0 bridgehead atoms. The van der Waals surface area contributed by atoms with Gasteiger partial charge in [0.05, 0.1) is 11.4 Å². The normalized spacial score (nSPS) is 11.5. The van der Waals surface area contributed by atoms with E-state index in [0.717, 1.165) is 5.69 Å². The molecule has 7 aromatic carbocycles. The number of hydrogen-bond acceptors (Lipinski definition) is 0. The average Bonchev–Trinajstić information content (AvgIpc) is 3.60. The molecule has 8 rings (SSSR count). The fourth-order valence-corrected chi connectivity index (χ4v) is 8.41. The van der Waals surface area contributed by atoms with E-state index in [2.05, 4.69) is 187 Å². The number of aryl methyl sites for hydroxylation is 4. The van der Waals surface area contributed by atoms with Gasteiger partial charge in [-0.2, -0.15) is 0 Å². The van der Waals surface area contributed by atoms with Crippen LogP contribution in [-0.4, -0.2) is 4.57 Å². The first kappa shape index (κ1) is 32.5. The highest BCUT2D eigenvalue weighted by atomic mass is 15.0. The molecular weight excluding hydrogens is 615 g/mol. The van der Waals surface area contributed by atoms with Crippen LogP contribution in [-0.2, 0) is 0 Å². The molecule has 1 nitrogen and oxygen atoms in total. The topological polar surface area (TPSA) is 4.93 Å². The van der Waals surface area contributed by atoms with Gasteiger partial charge in [0, 0.05) is 5.69 Å². The first-order chi connectivity index (χ1) is 24.7. The molecule has 0 N–H and O–H groups in total. The maximum Gasteiger partial charge on any atom is 0.0535 e. The van der Waals surface area contributed by atoms with Crippen molar-refractivity contribution in [2.75, 3.05) is 0 Å². The molecule has 0 atom stereocenters. The monoisotopic (exact) mass is 659 g/mol. The minimum absolute atomic E-state index is 1.15. The van der Waals surface area contributed by atoms with Gasteiger partial charge < -0.3 is 4.57 Å². The van der Waals surface area contributed by atoms with E-state index in [1.807, 2.05) is 0 Å². The molecule has 0 unspecified atom stereocenters. The average molecular weight is 660 g/mol. The first-order valence-electron chi connectivity index (χ1n) is 18.1. The third-order valence-electron chi connectivity index (χ3n) is 11.5. The Morgan fingerprint density at radius 2 is 0.686 bits per heavy atom. The highest BCUT2D eigenvalue weighted by Gasteiger charge is 2.24. The summed E-state index contributed by atoms with van der Waals surface area (Å²) in [5.41, 5.74) is 22.0. The predicted octanol–water partition coefficient (Wildman–Crippen LogP) is 13.9. The second-order valence-electron chi connectivity index (χ2n) is 14.5. The van der Waals surface area contributed by atoms with Crippen molar-refractivity contribution in [1.29, 1.82) is 0 Å². The Labute approximate surface area is 302 Å². The Balaban J connectivity index is 1.58. The van der Waals surface area contributed by atoms with Gasteiger partial charge in [-0.25, -0.2) is 0 Å². The number of aromatic nitrogens is 1. The highest BCUT2D eigenvalue weighted by Crippen LogP contribution is 2.49. The van der Waals surface area contributed by atoms with Gasteiger partial charge in [-0.1, -0.05) is 103 Å². The number of rotatable bonds is 5. The minimum Gasteiger partial charge on any atom is -0.309 e. The van der Waals surface area contributed by atoms with Crippen molar-refractivity contribution in [3.63, 3.8) is 0 Å². The zero-order valence-electron chi connectivity index (χ0n) is 31.1. The van der Waals surface area contributed by atoms with Crippen LogP contribution in [0.5, 0.6) is 0 Å². The van der Waals surface area contributed by atoms with Crippen LogP contribution in [0.4, 0.5) is 0 Å². The molecule has 0 aliphatic carbocycles. The van der Waals surface area contributed by atoms with E-state index < -0.39 is 0 Å². The highest BCUT2D eigenvalue weighted by molar-refractivity contribution is 6.23. The van der Waals surface area contributed by atoms with Crippen molar-refractivity contribution >= 4 is 21.5 Å². The minimum atomic E-state index is 1.15. The van der Waals surface area contributed by atoms with Crippen molar-refractivity contribution in [3.05, 3.63) is 172 Å². The standard InChI is InChI=1S/C50H45N/c1-30-27-31(2)35(6)47(34(30)5)49-41-21-15-16-22-42(41)50(48-36(7)32(3)28-33(4)37(48)8)44-29-40(23-24-43(44)49)51-45(38-17-11-9-12-18-38)25-26-46(51)39-19-13-10-14-20-39/h9-29H,1-8H3. The van der Waals surface area contributed by atoms with Gasteiger partial charge in [0.2, 0.25) is 0 Å². The lowest BCUT2D eigenvalue weighted by Gasteiger charge is -2.25. The molecule has 0 spiro atoms. The fraction of sp³-hybridized carbons (Fsp3) is 0.160. The van der Waals surface area contributed by atoms with Crippen molar-refractivity contribution in [2.45, 2.75) is 55.4 Å². The Morgan fingerprint density at radius 1 is 0.314 bits per heavy atom. The molecule has 1 heteroatoms. The van der Waals surface area contributed by atoms with E-state index >= 15 is 0 Å². The largest absolute Gasteiger partial charge is 0.309 e. The van der Waals surface area contributed by atoms with Gasteiger partial charge in [-0.15, -0.1) is 0 Å². The molecule has 0 saturated carbocycles. The second kappa shape index (κ2) is 12.6. The van der Waals surface area contributed by atoms with Crippen LogP contribution in [0.1, 0.15) is 44.5 Å². The molecule has 1 heterocycles. The fourth-order valence-electron chi connectivity index (χ4n) is 8.41. The van der Waals surface area contributed by atoms with Gasteiger partial charge in [0.1, 0.15) is 0 Å². The Hall–Kier alpha value is -5.66. The van der Waals surface area contributed by atoms with Gasteiger partial charge in [0.25, 0.3) is 0 Å². The molecule has 0 aliphatic heterocycles. The van der Waals surface area contributed by atoms with Crippen LogP contribution in [0.2, 0.25) is 0 Å². The van der Waals surface area contributed by atoms with Crippen LogP contribution in [0.15, 0.2) is 127 Å². The summed E-state index contributed by atoms with van der Waals surface area (Å²) in [5.74, 6) is 0. The van der Waals surface area contributed by atoms with E-state index in [-0.39, 0.29) is 0 Å². The number of hydrogen-bond donors (Lipinski definition) is 0. The van der Waals surface area contributed by atoms with Crippen molar-refractivity contribution in [3.8, 4) is 50.5 Å². The molecule has 1 aromatic heterocycles. The zero-order valence-corrected chi connectivity index (χ0v) is 31.1. The smallest absolute Gasteiger partial charge is 0.0535 e. The molecular formula is C50H45N. The van der Waals surface area contributed by atoms with E-state index in [0.29, 0.717) is 0 Å². The molecule has 0 fully saturated rings. The van der Waals surface area contributed by atoms with Crippen molar-refractivity contribution in [1.82, 2.24) is 4.57 Å². The Bertz CT molecular complexity index is 2520. The third kappa shape index (κ3) is 5.23. The van der Waals surface area contributed by atoms with E-state index in [4.69, 9.17) is 0 Å². The second-order valence-corrected chi connectivity index (χ2v) is 14.5. The molecule has 8 aromatic rings. The van der Waals surface area contributed by atoms with Crippen molar-refractivity contribution in [2.24, 2.45) is 0 Å². The summed E-state index contributed by atoms with van der Waals surface area (Å²) in [5, 5.41) is 5.17. The van der Waals surface area contributed by atoms with Gasteiger partial charge >= 0.3 is 0 Å². The molecule has 0 amide bonds. The summed E-state index contributed by atoms with van der Waals surface area (Å²) in [6.45, 7) is 18.2. The van der Waals surface area contributed by atoms with E-state index in [1.54, 1.807) is 0 Å². The maximum atomic E-state index is 2.48. The molecule has 0 radical (unpaired) electrons. The SMILES string of the molecule is Cc1cc(C)c(C)c(-c2c3ccccc3c(-c3c(C)c(C)cc(C)c3C)c3cc(-n4c(-c5ccccc5)ccc4-c4ccccc4)ccc23)c1C. The Morgan fingerprint density at radius 3 is 1.12 bits per heavy atom. The van der Waals surface area contributed by atoms with Gasteiger partial charge in [0.15, 0.2) is 0 Å². The number of benzene rings is 7. The van der Waals surface area contributed by atoms with Crippen LogP contribution in [0.3, 0.4) is 0 Å². The quantitative estimate of drug-likeness (QED) is 0.162. The first-order valence-corrected chi connectivity index (χ1v) is 18.1. The zero-order chi connectivity index (χ0) is 35.6. The Kier molecular flexibility index (Phi) is 8.03. The van der Waals surface area contributed by atoms with Crippen molar-refractivity contribution < 1.29 is 0 Å². The summed E-state index contributed by atoms with van der Waals surface area (Å²) in [6.07, 6.45) is 0.